The van der Waals surface area contributed by atoms with Gasteiger partial charge in [0.15, 0.2) is 0 Å². The Morgan fingerprint density at radius 3 is 1.87 bits per heavy atom. The maximum absolute atomic E-state index is 10.5. The van der Waals surface area contributed by atoms with Gasteiger partial charge in [-0.05, 0) is 73.4 Å². The second-order valence-corrected chi connectivity index (χ2v) is 10.2. The van der Waals surface area contributed by atoms with Crippen LogP contribution >= 0.6 is 0 Å². The van der Waals surface area contributed by atoms with E-state index in [0.717, 1.165) is 30.6 Å². The lowest BCUT2D eigenvalue weighted by Gasteiger charge is -2.31. The van der Waals surface area contributed by atoms with Crippen molar-refractivity contribution in [2.75, 3.05) is 19.8 Å². The Balaban J connectivity index is 1.89. The molecular formula is C33H46O5. The van der Waals surface area contributed by atoms with Gasteiger partial charge < -0.3 is 24.4 Å². The van der Waals surface area contributed by atoms with Crippen LogP contribution in [-0.2, 0) is 4.74 Å². The maximum Gasteiger partial charge on any atom is 0.122 e. The zero-order valence-corrected chi connectivity index (χ0v) is 23.6. The van der Waals surface area contributed by atoms with Crippen LogP contribution in [0.3, 0.4) is 0 Å². The molecular weight excluding hydrogens is 476 g/mol. The second-order valence-electron chi connectivity index (χ2n) is 10.2. The minimum Gasteiger partial charge on any atom is -0.491 e. The van der Waals surface area contributed by atoms with Crippen molar-refractivity contribution in [2.24, 2.45) is 5.41 Å². The summed E-state index contributed by atoms with van der Waals surface area (Å²) in [6, 6.07) is 19.0. The molecule has 2 atom stereocenters. The first kappa shape index (κ1) is 31.2. The van der Waals surface area contributed by atoms with Crippen molar-refractivity contribution >= 4 is 0 Å². The quantitative estimate of drug-likeness (QED) is 0.122. The number of ether oxygens (including phenoxy) is 3. The summed E-state index contributed by atoms with van der Waals surface area (Å²) in [5.41, 5.74) is 2.01. The second kappa shape index (κ2) is 16.7. The van der Waals surface area contributed by atoms with Crippen molar-refractivity contribution in [2.45, 2.75) is 72.0 Å². The number of rotatable bonds is 18. The minimum atomic E-state index is -0.758. The fourth-order valence-electron chi connectivity index (χ4n) is 4.25. The highest BCUT2D eigenvalue weighted by Gasteiger charge is 2.26. The molecule has 0 aliphatic carbocycles. The highest BCUT2D eigenvalue weighted by molar-refractivity contribution is 5.28. The minimum absolute atomic E-state index is 0.128. The van der Waals surface area contributed by atoms with Crippen LogP contribution in [0.1, 0.15) is 59.8 Å². The fraction of sp³-hybridized carbons (Fsp3) is 0.455. The number of hydrogen-bond acceptors (Lipinski definition) is 5. The van der Waals surface area contributed by atoms with Gasteiger partial charge in [0.1, 0.15) is 43.2 Å². The van der Waals surface area contributed by atoms with E-state index in [1.165, 1.54) is 5.57 Å². The van der Waals surface area contributed by atoms with E-state index >= 15 is 0 Å². The van der Waals surface area contributed by atoms with Gasteiger partial charge in [-0.25, -0.2) is 0 Å². The predicted molar refractivity (Wildman–Crippen MR) is 155 cm³/mol. The van der Waals surface area contributed by atoms with Crippen molar-refractivity contribution in [3.8, 4) is 11.5 Å². The highest BCUT2D eigenvalue weighted by atomic mass is 16.5. The third-order valence-electron chi connectivity index (χ3n) is 6.26. The standard InChI is InChI=1S/C33H46O5/c1-6-14-27(20-21-28(34)23-36-30-16-10-8-11-17-30)33(4,5)22-26(3)32(15-7-2)38-25-29(35)24-37-31-18-12-9-13-19-31/h8-19,28-29,34-35H,3,6-7,20-25H2,1-2,4-5H3/b27-14+,32-15+. The Morgan fingerprint density at radius 2 is 1.34 bits per heavy atom. The Kier molecular flexibility index (Phi) is 13.7. The summed E-state index contributed by atoms with van der Waals surface area (Å²) in [6.45, 7) is 13.5. The first-order chi connectivity index (χ1) is 18.2. The number of aliphatic hydroxyl groups is 2. The fourth-order valence-corrected chi connectivity index (χ4v) is 4.25. The van der Waals surface area contributed by atoms with Crippen LogP contribution in [0.15, 0.2) is 96.3 Å². The smallest absolute Gasteiger partial charge is 0.122 e. The van der Waals surface area contributed by atoms with Crippen LogP contribution < -0.4 is 9.47 Å². The van der Waals surface area contributed by atoms with Gasteiger partial charge in [-0.15, -0.1) is 0 Å². The number of para-hydroxylation sites is 2. The molecule has 0 saturated heterocycles. The molecule has 0 bridgehead atoms. The molecule has 0 fully saturated rings. The molecule has 38 heavy (non-hydrogen) atoms. The lowest BCUT2D eigenvalue weighted by molar-refractivity contribution is 0.0388. The van der Waals surface area contributed by atoms with Crippen molar-refractivity contribution in [3.05, 3.63) is 96.3 Å². The topological polar surface area (TPSA) is 68.2 Å². The predicted octanol–water partition coefficient (Wildman–Crippen LogP) is 7.27. The molecule has 2 unspecified atom stereocenters. The molecule has 0 aromatic heterocycles. The summed E-state index contributed by atoms with van der Waals surface area (Å²) in [6.07, 6.45) is 6.79. The third kappa shape index (κ3) is 11.6. The first-order valence-corrected chi connectivity index (χ1v) is 13.7. The Bertz CT molecular complexity index is 995. The third-order valence-corrected chi connectivity index (χ3v) is 6.26. The Hall–Kier alpha value is -3.02. The zero-order valence-electron chi connectivity index (χ0n) is 23.6. The molecule has 0 saturated carbocycles. The zero-order chi connectivity index (χ0) is 27.8. The van der Waals surface area contributed by atoms with Crippen molar-refractivity contribution in [3.63, 3.8) is 0 Å². The maximum atomic E-state index is 10.5. The summed E-state index contributed by atoms with van der Waals surface area (Å²) in [4.78, 5) is 0. The molecule has 0 spiro atoms. The van der Waals surface area contributed by atoms with Gasteiger partial charge >= 0.3 is 0 Å². The van der Waals surface area contributed by atoms with Crippen molar-refractivity contribution in [1.29, 1.82) is 0 Å². The van der Waals surface area contributed by atoms with E-state index in [-0.39, 0.29) is 25.2 Å². The SMILES string of the molecule is C=C(CC(C)(C)/C(=C/CC)CCC(O)COc1ccccc1)/C(=C\CC)OCC(O)COc1ccccc1. The lowest BCUT2D eigenvalue weighted by atomic mass is 9.76. The van der Waals surface area contributed by atoms with Crippen LogP contribution in [0.5, 0.6) is 11.5 Å². The molecule has 5 heteroatoms. The molecule has 2 rings (SSSR count). The number of aliphatic hydroxyl groups excluding tert-OH is 2. The summed E-state index contributed by atoms with van der Waals surface area (Å²) in [5, 5.41) is 20.9. The molecule has 2 aromatic carbocycles. The van der Waals surface area contributed by atoms with Gasteiger partial charge in [0.05, 0.1) is 6.10 Å². The van der Waals surface area contributed by atoms with Gasteiger partial charge in [0.2, 0.25) is 0 Å². The Morgan fingerprint density at radius 1 is 0.816 bits per heavy atom. The number of hydrogen-bond donors (Lipinski definition) is 2. The van der Waals surface area contributed by atoms with E-state index in [1.807, 2.05) is 66.7 Å². The number of benzene rings is 2. The van der Waals surface area contributed by atoms with Gasteiger partial charge in [-0.2, -0.15) is 0 Å². The van der Waals surface area contributed by atoms with Crippen LogP contribution in [0, 0.1) is 5.41 Å². The summed E-state index contributed by atoms with van der Waals surface area (Å²) in [7, 11) is 0. The normalized spacial score (nSPS) is 14.1. The molecule has 2 N–H and O–H groups in total. The molecule has 0 aliphatic rings. The molecule has 0 radical (unpaired) electrons. The van der Waals surface area contributed by atoms with Crippen molar-refractivity contribution < 1.29 is 24.4 Å². The first-order valence-electron chi connectivity index (χ1n) is 13.7. The van der Waals surface area contributed by atoms with E-state index in [1.54, 1.807) is 0 Å². The molecule has 2 aromatic rings. The molecule has 0 amide bonds. The summed E-state index contributed by atoms with van der Waals surface area (Å²) in [5.74, 6) is 2.19. The van der Waals surface area contributed by atoms with Crippen LogP contribution in [0.2, 0.25) is 0 Å². The van der Waals surface area contributed by atoms with Crippen molar-refractivity contribution in [1.82, 2.24) is 0 Å². The molecule has 208 valence electrons. The van der Waals surface area contributed by atoms with Gasteiger partial charge in [-0.1, -0.05) is 82.3 Å². The lowest BCUT2D eigenvalue weighted by Crippen LogP contribution is -2.24. The molecule has 0 heterocycles. The van der Waals surface area contributed by atoms with Crippen LogP contribution in [0.25, 0.3) is 0 Å². The van der Waals surface area contributed by atoms with E-state index in [4.69, 9.17) is 14.2 Å². The summed E-state index contributed by atoms with van der Waals surface area (Å²) < 4.78 is 17.4. The average Bonchev–Trinajstić information content (AvgIpc) is 2.91. The average molecular weight is 523 g/mol. The number of allylic oxidation sites excluding steroid dienone is 4. The van der Waals surface area contributed by atoms with E-state index in [0.29, 0.717) is 24.4 Å². The largest absolute Gasteiger partial charge is 0.491 e. The van der Waals surface area contributed by atoms with Gasteiger partial charge in [0, 0.05) is 0 Å². The van der Waals surface area contributed by atoms with Crippen LogP contribution in [0.4, 0.5) is 0 Å². The monoisotopic (exact) mass is 522 g/mol. The summed E-state index contributed by atoms with van der Waals surface area (Å²) >= 11 is 0. The Labute approximate surface area is 229 Å². The van der Waals surface area contributed by atoms with E-state index < -0.39 is 12.2 Å². The van der Waals surface area contributed by atoms with Crippen LogP contribution in [-0.4, -0.2) is 42.2 Å². The molecule has 5 nitrogen and oxygen atoms in total. The van der Waals surface area contributed by atoms with Gasteiger partial charge in [-0.3, -0.25) is 0 Å². The molecule has 0 aliphatic heterocycles. The van der Waals surface area contributed by atoms with E-state index in [9.17, 15) is 10.2 Å². The van der Waals surface area contributed by atoms with E-state index in [2.05, 4.69) is 40.3 Å². The van der Waals surface area contributed by atoms with Gasteiger partial charge in [0.25, 0.3) is 0 Å². The highest BCUT2D eigenvalue weighted by Crippen LogP contribution is 2.38.